The second-order valence-electron chi connectivity index (χ2n) is 7.03. The van der Waals surface area contributed by atoms with Crippen LogP contribution >= 0.6 is 11.8 Å². The normalized spacial score (nSPS) is 14.6. The molecule has 1 N–H and O–H groups in total. The molecule has 1 amide bonds. The zero-order chi connectivity index (χ0) is 22.7. The van der Waals surface area contributed by atoms with Crippen molar-refractivity contribution < 1.29 is 22.7 Å². The molecule has 0 spiro atoms. The van der Waals surface area contributed by atoms with E-state index >= 15 is 0 Å². The van der Waals surface area contributed by atoms with Crippen molar-refractivity contribution in [1.82, 2.24) is 0 Å². The second kappa shape index (κ2) is 9.10. The van der Waals surface area contributed by atoms with E-state index in [9.17, 15) is 13.2 Å². The van der Waals surface area contributed by atoms with Crippen molar-refractivity contribution in [3.63, 3.8) is 0 Å². The van der Waals surface area contributed by atoms with E-state index in [1.165, 1.54) is 32.0 Å². The van der Waals surface area contributed by atoms with Crippen LogP contribution in [0.4, 0.5) is 5.69 Å². The van der Waals surface area contributed by atoms with Crippen molar-refractivity contribution in [2.75, 3.05) is 19.5 Å². The van der Waals surface area contributed by atoms with Gasteiger partial charge in [0, 0.05) is 4.90 Å². The Bertz CT molecular complexity index is 1280. The van der Waals surface area contributed by atoms with Crippen molar-refractivity contribution in [1.29, 1.82) is 0 Å². The lowest BCUT2D eigenvalue weighted by molar-refractivity contribution is -0.112. The van der Waals surface area contributed by atoms with E-state index < -0.39 is 9.84 Å². The van der Waals surface area contributed by atoms with Crippen LogP contribution in [-0.2, 0) is 20.4 Å². The topological polar surface area (TPSA) is 81.7 Å². The van der Waals surface area contributed by atoms with E-state index in [0.29, 0.717) is 32.6 Å². The number of fused-ring (bicyclic) bond motifs is 1. The fourth-order valence-corrected chi connectivity index (χ4v) is 5.84. The molecule has 0 unspecified atom stereocenters. The van der Waals surface area contributed by atoms with Gasteiger partial charge in [-0.25, -0.2) is 8.42 Å². The Morgan fingerprint density at radius 1 is 0.938 bits per heavy atom. The van der Waals surface area contributed by atoms with Crippen molar-refractivity contribution >= 4 is 39.3 Å². The smallest absolute Gasteiger partial charge is 0.262 e. The Kier molecular flexibility index (Phi) is 6.25. The number of anilines is 1. The summed E-state index contributed by atoms with van der Waals surface area (Å²) in [5, 5.41) is 2.83. The molecule has 0 aliphatic carbocycles. The highest BCUT2D eigenvalue weighted by molar-refractivity contribution is 8.04. The number of thioether (sulfide) groups is 1. The number of methoxy groups -OCH3 is 2. The molecule has 1 aliphatic heterocycles. The number of ether oxygens (including phenoxy) is 2. The molecular weight excluding hydrogens is 446 g/mol. The van der Waals surface area contributed by atoms with Crippen LogP contribution in [0.3, 0.4) is 0 Å². The minimum absolute atomic E-state index is 0.159. The predicted molar refractivity (Wildman–Crippen MR) is 126 cm³/mol. The molecule has 8 heteroatoms. The van der Waals surface area contributed by atoms with Gasteiger partial charge >= 0.3 is 0 Å². The Hall–Kier alpha value is -3.23. The van der Waals surface area contributed by atoms with Crippen LogP contribution in [-0.4, -0.2) is 28.5 Å². The Balaban J connectivity index is 1.67. The average molecular weight is 468 g/mol. The van der Waals surface area contributed by atoms with Crippen LogP contribution in [0.1, 0.15) is 11.1 Å². The van der Waals surface area contributed by atoms with Gasteiger partial charge in [-0.3, -0.25) is 4.79 Å². The van der Waals surface area contributed by atoms with E-state index in [2.05, 4.69) is 5.32 Å². The molecule has 164 valence electrons. The van der Waals surface area contributed by atoms with Gasteiger partial charge in [-0.05, 0) is 42.0 Å². The first-order valence-corrected chi connectivity index (χ1v) is 12.2. The third-order valence-electron chi connectivity index (χ3n) is 4.97. The molecule has 0 atom stereocenters. The zero-order valence-electron chi connectivity index (χ0n) is 17.5. The lowest BCUT2D eigenvalue weighted by atomic mass is 10.2. The van der Waals surface area contributed by atoms with Crippen molar-refractivity contribution in [3.05, 3.63) is 82.8 Å². The van der Waals surface area contributed by atoms with E-state index in [1.807, 2.05) is 30.3 Å². The van der Waals surface area contributed by atoms with Crippen molar-refractivity contribution in [3.8, 4) is 11.5 Å². The summed E-state index contributed by atoms with van der Waals surface area (Å²) in [7, 11) is -0.728. The minimum Gasteiger partial charge on any atom is -0.496 e. The maximum Gasteiger partial charge on any atom is 0.262 e. The average Bonchev–Trinajstić information content (AvgIpc) is 2.80. The number of carbonyl (C=O) groups is 1. The SMILES string of the molecule is COc1cccc(OC)c1CS(=O)(=O)c1ccc2c(c1)S/C(=C\c1ccccc1)C(=O)N2. The fraction of sp³-hybridized carbons (Fsp3) is 0.125. The van der Waals surface area contributed by atoms with Gasteiger partial charge in [0.1, 0.15) is 11.5 Å². The van der Waals surface area contributed by atoms with Crippen molar-refractivity contribution in [2.45, 2.75) is 15.5 Å². The molecule has 0 bridgehead atoms. The van der Waals surface area contributed by atoms with Crippen LogP contribution in [0.2, 0.25) is 0 Å². The number of amides is 1. The number of benzene rings is 3. The summed E-state index contributed by atoms with van der Waals surface area (Å²) in [5.74, 6) is 0.393. The number of sulfone groups is 1. The molecule has 0 fully saturated rings. The molecule has 1 heterocycles. The maximum atomic E-state index is 13.2. The molecule has 0 radical (unpaired) electrons. The second-order valence-corrected chi connectivity index (χ2v) is 10.1. The molecule has 0 saturated carbocycles. The summed E-state index contributed by atoms with van der Waals surface area (Å²) in [6, 6.07) is 19.3. The van der Waals surface area contributed by atoms with Crippen LogP contribution in [0.5, 0.6) is 11.5 Å². The third-order valence-corrected chi connectivity index (χ3v) is 7.69. The molecule has 3 aromatic carbocycles. The number of rotatable bonds is 6. The van der Waals surface area contributed by atoms with Gasteiger partial charge in [0.25, 0.3) is 5.91 Å². The summed E-state index contributed by atoms with van der Waals surface area (Å²) in [6.45, 7) is 0. The largest absolute Gasteiger partial charge is 0.496 e. The van der Waals surface area contributed by atoms with Gasteiger partial charge < -0.3 is 14.8 Å². The first-order valence-electron chi connectivity index (χ1n) is 9.74. The Labute approximate surface area is 191 Å². The summed E-state index contributed by atoms with van der Waals surface area (Å²) in [5.41, 5.74) is 1.93. The maximum absolute atomic E-state index is 13.2. The highest BCUT2D eigenvalue weighted by Gasteiger charge is 2.26. The Morgan fingerprint density at radius 2 is 1.62 bits per heavy atom. The molecule has 1 aliphatic rings. The summed E-state index contributed by atoms with van der Waals surface area (Å²) < 4.78 is 37.2. The van der Waals surface area contributed by atoms with Gasteiger partial charge in [0.15, 0.2) is 9.84 Å². The van der Waals surface area contributed by atoms with Crippen LogP contribution in [0, 0.1) is 0 Å². The number of nitrogens with one attached hydrogen (secondary N) is 1. The minimum atomic E-state index is -3.71. The molecule has 4 rings (SSSR count). The lowest BCUT2D eigenvalue weighted by Gasteiger charge is -2.20. The van der Waals surface area contributed by atoms with Crippen LogP contribution in [0.25, 0.3) is 6.08 Å². The predicted octanol–water partition coefficient (Wildman–Crippen LogP) is 4.76. The summed E-state index contributed by atoms with van der Waals surface area (Å²) in [6.07, 6.45) is 1.78. The zero-order valence-corrected chi connectivity index (χ0v) is 19.1. The van der Waals surface area contributed by atoms with Gasteiger partial charge in [-0.15, -0.1) is 0 Å². The summed E-state index contributed by atoms with van der Waals surface area (Å²) >= 11 is 1.25. The quantitative estimate of drug-likeness (QED) is 0.526. The lowest BCUT2D eigenvalue weighted by Crippen LogP contribution is -2.17. The van der Waals surface area contributed by atoms with E-state index in [0.717, 1.165) is 5.56 Å². The monoisotopic (exact) mass is 467 g/mol. The first kappa shape index (κ1) is 22.0. The third kappa shape index (κ3) is 4.51. The fourth-order valence-electron chi connectivity index (χ4n) is 3.37. The van der Waals surface area contributed by atoms with E-state index in [-0.39, 0.29) is 16.6 Å². The molecule has 32 heavy (non-hydrogen) atoms. The molecule has 0 aromatic heterocycles. The van der Waals surface area contributed by atoms with Gasteiger partial charge in [-0.2, -0.15) is 0 Å². The number of hydrogen-bond donors (Lipinski definition) is 1. The van der Waals surface area contributed by atoms with Gasteiger partial charge in [-0.1, -0.05) is 48.2 Å². The summed E-state index contributed by atoms with van der Waals surface area (Å²) in [4.78, 5) is 13.8. The molecular formula is C24H21NO5S2. The molecule has 0 saturated heterocycles. The van der Waals surface area contributed by atoms with Crippen molar-refractivity contribution in [2.24, 2.45) is 0 Å². The Morgan fingerprint density at radius 3 is 2.28 bits per heavy atom. The van der Waals surface area contributed by atoms with Crippen LogP contribution < -0.4 is 14.8 Å². The van der Waals surface area contributed by atoms with E-state index in [4.69, 9.17) is 9.47 Å². The highest BCUT2D eigenvalue weighted by atomic mass is 32.2. The highest BCUT2D eigenvalue weighted by Crippen LogP contribution is 2.41. The molecule has 6 nitrogen and oxygen atoms in total. The molecule has 3 aromatic rings. The van der Waals surface area contributed by atoms with Crippen LogP contribution in [0.15, 0.2) is 81.4 Å². The standard InChI is InChI=1S/C24H21NO5S2/c1-29-20-9-6-10-21(30-2)18(20)15-32(27,28)17-11-12-19-22(14-17)31-23(24(26)25-19)13-16-7-4-3-5-8-16/h3-14H,15H2,1-2H3,(H,25,26)/b23-13-. The number of carbonyl (C=O) groups excluding carboxylic acids is 1. The van der Waals surface area contributed by atoms with Gasteiger partial charge in [0.2, 0.25) is 0 Å². The first-order chi connectivity index (χ1) is 15.4. The van der Waals surface area contributed by atoms with E-state index in [1.54, 1.807) is 36.4 Å². The number of hydrogen-bond acceptors (Lipinski definition) is 6. The van der Waals surface area contributed by atoms with Gasteiger partial charge in [0.05, 0.1) is 41.0 Å².